The standard InChI is InChI=1S/C13H17BrN4S/c1-3-15-13-17-9(2)8-12(18-13)16-7-6-10-4-5-11(14)19-10/h4-5,8H,3,6-7H2,1-2H3,(H2,15,16,17,18). The Morgan fingerprint density at radius 2 is 2.11 bits per heavy atom. The third-order valence-corrected chi connectivity index (χ3v) is 4.18. The lowest BCUT2D eigenvalue weighted by atomic mass is 10.3. The second-order valence-corrected chi connectivity index (χ2v) is 6.68. The summed E-state index contributed by atoms with van der Waals surface area (Å²) in [4.78, 5) is 10.1. The molecule has 0 bridgehead atoms. The minimum Gasteiger partial charge on any atom is -0.370 e. The van der Waals surface area contributed by atoms with Gasteiger partial charge in [0.15, 0.2) is 0 Å². The molecule has 6 heteroatoms. The van der Waals surface area contributed by atoms with Gasteiger partial charge < -0.3 is 10.6 Å². The number of nitrogens with zero attached hydrogens (tertiary/aromatic N) is 2. The molecule has 0 saturated heterocycles. The SMILES string of the molecule is CCNc1nc(C)cc(NCCc2ccc(Br)s2)n1. The molecule has 19 heavy (non-hydrogen) atoms. The topological polar surface area (TPSA) is 49.8 Å². The van der Waals surface area contributed by atoms with Crippen molar-refractivity contribution in [3.05, 3.63) is 32.6 Å². The molecule has 0 aromatic carbocycles. The van der Waals surface area contributed by atoms with Crippen molar-refractivity contribution in [1.29, 1.82) is 0 Å². The Kier molecular flexibility index (Phi) is 5.15. The van der Waals surface area contributed by atoms with E-state index in [0.29, 0.717) is 5.95 Å². The summed E-state index contributed by atoms with van der Waals surface area (Å²) in [6.45, 7) is 5.71. The molecule has 0 atom stereocenters. The summed E-state index contributed by atoms with van der Waals surface area (Å²) in [5, 5.41) is 6.48. The average molecular weight is 341 g/mol. The van der Waals surface area contributed by atoms with E-state index >= 15 is 0 Å². The zero-order valence-corrected chi connectivity index (χ0v) is 13.4. The highest BCUT2D eigenvalue weighted by Gasteiger charge is 2.02. The molecule has 0 aliphatic carbocycles. The van der Waals surface area contributed by atoms with Crippen LogP contribution in [0.4, 0.5) is 11.8 Å². The Balaban J connectivity index is 1.91. The van der Waals surface area contributed by atoms with Crippen LogP contribution >= 0.6 is 27.3 Å². The molecule has 0 amide bonds. The van der Waals surface area contributed by atoms with Crippen LogP contribution in [0.2, 0.25) is 0 Å². The fourth-order valence-electron chi connectivity index (χ4n) is 1.70. The first kappa shape index (κ1) is 14.3. The molecule has 0 fully saturated rings. The number of aromatic nitrogens is 2. The van der Waals surface area contributed by atoms with Gasteiger partial charge in [-0.3, -0.25) is 0 Å². The number of thiophene rings is 1. The predicted octanol–water partition coefficient (Wildman–Crippen LogP) is 3.70. The zero-order chi connectivity index (χ0) is 13.7. The first-order valence-corrected chi connectivity index (χ1v) is 7.86. The molecule has 2 aromatic heterocycles. The van der Waals surface area contributed by atoms with Crippen LogP contribution in [0.3, 0.4) is 0 Å². The maximum absolute atomic E-state index is 4.42. The summed E-state index contributed by atoms with van der Waals surface area (Å²) in [7, 11) is 0. The molecule has 0 radical (unpaired) electrons. The van der Waals surface area contributed by atoms with Crippen molar-refractivity contribution in [2.24, 2.45) is 0 Å². The molecule has 2 rings (SSSR count). The van der Waals surface area contributed by atoms with Crippen molar-refractivity contribution >= 4 is 39.0 Å². The number of hydrogen-bond donors (Lipinski definition) is 2. The van der Waals surface area contributed by atoms with Gasteiger partial charge in [-0.15, -0.1) is 11.3 Å². The lowest BCUT2D eigenvalue weighted by Gasteiger charge is -2.08. The van der Waals surface area contributed by atoms with E-state index in [1.165, 1.54) is 8.66 Å². The summed E-state index contributed by atoms with van der Waals surface area (Å²) in [5.41, 5.74) is 0.965. The van der Waals surface area contributed by atoms with Gasteiger partial charge in [0.25, 0.3) is 0 Å². The van der Waals surface area contributed by atoms with Gasteiger partial charge in [-0.25, -0.2) is 4.98 Å². The van der Waals surface area contributed by atoms with Crippen LogP contribution in [0.5, 0.6) is 0 Å². The maximum atomic E-state index is 4.42. The normalized spacial score (nSPS) is 10.5. The number of halogens is 1. The number of rotatable bonds is 6. The lowest BCUT2D eigenvalue weighted by Crippen LogP contribution is -2.09. The molecule has 2 N–H and O–H groups in total. The molecule has 0 aliphatic rings. The van der Waals surface area contributed by atoms with Gasteiger partial charge in [0.05, 0.1) is 3.79 Å². The van der Waals surface area contributed by atoms with E-state index in [4.69, 9.17) is 0 Å². The van der Waals surface area contributed by atoms with Crippen LogP contribution in [0.15, 0.2) is 22.0 Å². The van der Waals surface area contributed by atoms with Gasteiger partial charge in [0, 0.05) is 29.7 Å². The number of nitrogens with one attached hydrogen (secondary N) is 2. The summed E-state index contributed by atoms with van der Waals surface area (Å²) in [5.74, 6) is 1.56. The first-order valence-electron chi connectivity index (χ1n) is 6.25. The number of anilines is 2. The Hall–Kier alpha value is -1.14. The fraction of sp³-hybridized carbons (Fsp3) is 0.385. The minimum atomic E-state index is 0.684. The fourth-order valence-corrected chi connectivity index (χ4v) is 3.18. The van der Waals surface area contributed by atoms with Gasteiger partial charge in [-0.2, -0.15) is 4.98 Å². The van der Waals surface area contributed by atoms with E-state index in [2.05, 4.69) is 48.7 Å². The van der Waals surface area contributed by atoms with E-state index in [-0.39, 0.29) is 0 Å². The third kappa shape index (κ3) is 4.47. The molecule has 0 spiro atoms. The lowest BCUT2D eigenvalue weighted by molar-refractivity contribution is 1.000. The second-order valence-electron chi connectivity index (χ2n) is 4.13. The quantitative estimate of drug-likeness (QED) is 0.841. The average Bonchev–Trinajstić information content (AvgIpc) is 2.75. The van der Waals surface area contributed by atoms with Crippen LogP contribution in [-0.4, -0.2) is 23.1 Å². The highest BCUT2D eigenvalue weighted by Crippen LogP contribution is 2.22. The van der Waals surface area contributed by atoms with Gasteiger partial charge in [0.2, 0.25) is 5.95 Å². The summed E-state index contributed by atoms with van der Waals surface area (Å²) in [6, 6.07) is 6.19. The van der Waals surface area contributed by atoms with Gasteiger partial charge in [-0.1, -0.05) is 0 Å². The monoisotopic (exact) mass is 340 g/mol. The molecular weight excluding hydrogens is 324 g/mol. The van der Waals surface area contributed by atoms with Crippen LogP contribution in [0, 0.1) is 6.92 Å². The van der Waals surface area contributed by atoms with Crippen molar-refractivity contribution in [3.63, 3.8) is 0 Å². The Labute approximate surface area is 125 Å². The second kappa shape index (κ2) is 6.86. The van der Waals surface area contributed by atoms with Crippen LogP contribution in [0.25, 0.3) is 0 Å². The summed E-state index contributed by atoms with van der Waals surface area (Å²) < 4.78 is 1.18. The van der Waals surface area contributed by atoms with Crippen molar-refractivity contribution < 1.29 is 0 Å². The predicted molar refractivity (Wildman–Crippen MR) is 85.1 cm³/mol. The van der Waals surface area contributed by atoms with Gasteiger partial charge >= 0.3 is 0 Å². The number of aryl methyl sites for hydroxylation is 1. The Bertz CT molecular complexity index is 541. The zero-order valence-electron chi connectivity index (χ0n) is 11.0. The molecule has 102 valence electrons. The van der Waals surface area contributed by atoms with Crippen molar-refractivity contribution in [2.75, 3.05) is 23.7 Å². The maximum Gasteiger partial charge on any atom is 0.224 e. The van der Waals surface area contributed by atoms with Crippen molar-refractivity contribution in [2.45, 2.75) is 20.3 Å². The van der Waals surface area contributed by atoms with E-state index < -0.39 is 0 Å². The Morgan fingerprint density at radius 3 is 2.79 bits per heavy atom. The summed E-state index contributed by atoms with van der Waals surface area (Å²) >= 11 is 5.24. The summed E-state index contributed by atoms with van der Waals surface area (Å²) in [6.07, 6.45) is 0.996. The van der Waals surface area contributed by atoms with Crippen LogP contribution in [-0.2, 0) is 6.42 Å². The minimum absolute atomic E-state index is 0.684. The van der Waals surface area contributed by atoms with E-state index in [1.54, 1.807) is 11.3 Å². The van der Waals surface area contributed by atoms with E-state index in [0.717, 1.165) is 31.0 Å². The molecule has 0 unspecified atom stereocenters. The van der Waals surface area contributed by atoms with Crippen LogP contribution in [0.1, 0.15) is 17.5 Å². The smallest absolute Gasteiger partial charge is 0.224 e. The Morgan fingerprint density at radius 1 is 1.26 bits per heavy atom. The highest BCUT2D eigenvalue weighted by molar-refractivity contribution is 9.11. The van der Waals surface area contributed by atoms with Crippen LogP contribution < -0.4 is 10.6 Å². The van der Waals surface area contributed by atoms with Gasteiger partial charge in [0.1, 0.15) is 5.82 Å². The van der Waals surface area contributed by atoms with E-state index in [1.807, 2.05) is 19.9 Å². The third-order valence-electron chi connectivity index (χ3n) is 2.50. The molecule has 0 saturated carbocycles. The number of hydrogen-bond acceptors (Lipinski definition) is 5. The highest BCUT2D eigenvalue weighted by atomic mass is 79.9. The first-order chi connectivity index (χ1) is 9.17. The van der Waals surface area contributed by atoms with E-state index in [9.17, 15) is 0 Å². The largest absolute Gasteiger partial charge is 0.370 e. The van der Waals surface area contributed by atoms with Gasteiger partial charge in [-0.05, 0) is 48.3 Å². The molecule has 2 aromatic rings. The molecule has 4 nitrogen and oxygen atoms in total. The molecule has 0 aliphatic heterocycles. The molecular formula is C13H17BrN4S. The van der Waals surface area contributed by atoms with Crippen molar-refractivity contribution in [1.82, 2.24) is 9.97 Å². The molecule has 2 heterocycles. The van der Waals surface area contributed by atoms with Crippen molar-refractivity contribution in [3.8, 4) is 0 Å².